The van der Waals surface area contributed by atoms with Gasteiger partial charge in [-0.15, -0.1) is 11.6 Å². The number of amides is 2. The van der Waals surface area contributed by atoms with Crippen molar-refractivity contribution in [3.8, 4) is 0 Å². The number of unbranched alkanes of at least 4 members (excludes halogenated alkanes) is 5. The van der Waals surface area contributed by atoms with E-state index in [1.54, 1.807) is 4.90 Å². The van der Waals surface area contributed by atoms with Gasteiger partial charge in [-0.3, -0.25) is 9.59 Å². The second kappa shape index (κ2) is 15.3. The Morgan fingerprint density at radius 2 is 1.72 bits per heavy atom. The van der Waals surface area contributed by atoms with Crippen LogP contribution in [0.1, 0.15) is 103 Å². The summed E-state index contributed by atoms with van der Waals surface area (Å²) in [5.41, 5.74) is 2.07. The molecule has 1 aromatic heterocycles. The Kier molecular flexibility index (Phi) is 12.8. The van der Waals surface area contributed by atoms with Gasteiger partial charge in [0.05, 0.1) is 6.42 Å². The summed E-state index contributed by atoms with van der Waals surface area (Å²) in [5, 5.41) is 4.28. The molecule has 202 valence electrons. The quantitative estimate of drug-likeness (QED) is 0.171. The van der Waals surface area contributed by atoms with Crippen molar-refractivity contribution >= 4 is 34.3 Å². The van der Waals surface area contributed by atoms with Crippen LogP contribution in [-0.4, -0.2) is 46.2 Å². The van der Waals surface area contributed by atoms with Crippen molar-refractivity contribution in [1.29, 1.82) is 0 Å². The number of hydrogen-bond donors (Lipinski definition) is 2. The molecule has 0 aliphatic heterocycles. The van der Waals surface area contributed by atoms with Gasteiger partial charge >= 0.3 is 0 Å². The largest absolute Gasteiger partial charge is 0.358 e. The molecule has 2 rings (SSSR count). The number of carbonyl (C=O) groups is 2. The van der Waals surface area contributed by atoms with E-state index in [0.29, 0.717) is 25.8 Å². The molecule has 0 aliphatic rings. The number of aryl methyl sites for hydroxylation is 1. The fraction of sp³-hybridized carbons (Fsp3) is 0.667. The number of aromatic amines is 1. The predicted octanol–water partition coefficient (Wildman–Crippen LogP) is 7.29. The molecule has 5 nitrogen and oxygen atoms in total. The molecule has 36 heavy (non-hydrogen) atoms. The number of nitrogens with zero attached hydrogens (tertiary/aromatic N) is 1. The van der Waals surface area contributed by atoms with E-state index in [9.17, 15) is 9.59 Å². The zero-order valence-corrected chi connectivity index (χ0v) is 24.0. The Balaban J connectivity index is 2.15. The smallest absolute Gasteiger partial charge is 0.248 e. The molecule has 0 saturated heterocycles. The molecule has 0 bridgehead atoms. The van der Waals surface area contributed by atoms with Gasteiger partial charge in [-0.1, -0.05) is 77.5 Å². The lowest BCUT2D eigenvalue weighted by atomic mass is 9.86. The van der Waals surface area contributed by atoms with Gasteiger partial charge in [0.15, 0.2) is 0 Å². The first-order valence-corrected chi connectivity index (χ1v) is 14.5. The average molecular weight is 518 g/mol. The molecule has 6 heteroatoms. The summed E-state index contributed by atoms with van der Waals surface area (Å²) in [5.74, 6) is -0.123. The van der Waals surface area contributed by atoms with Crippen LogP contribution in [0, 0.1) is 6.92 Å². The molecule has 2 amide bonds. The van der Waals surface area contributed by atoms with Crippen LogP contribution < -0.4 is 5.32 Å². The van der Waals surface area contributed by atoms with E-state index in [0.717, 1.165) is 47.8 Å². The number of carbonyl (C=O) groups excluding carboxylic acids is 2. The molecular formula is C30H48ClN3O2. The standard InChI is InChI=1S/C30H48ClN3O2/c1-6-9-11-12-13-16-24(31)19-20-30(8-3,29(36)34(5)21-10-7-2)33-28(35)22-26-23(4)32-27-18-15-14-17-25(26)27/h14-15,17-18,24,32H,6-13,16,19-22H2,1-5H3,(H,33,35). The van der Waals surface area contributed by atoms with Crippen LogP contribution >= 0.6 is 11.6 Å². The van der Waals surface area contributed by atoms with Crippen LogP contribution in [0.25, 0.3) is 10.9 Å². The molecular weight excluding hydrogens is 470 g/mol. The fourth-order valence-corrected chi connectivity index (χ4v) is 5.32. The maximum atomic E-state index is 13.7. The normalized spacial score (nSPS) is 13.9. The monoisotopic (exact) mass is 517 g/mol. The molecule has 2 atom stereocenters. The summed E-state index contributed by atoms with van der Waals surface area (Å²) in [6.07, 6.45) is 11.0. The van der Waals surface area contributed by atoms with Crippen LogP contribution in [-0.2, 0) is 16.0 Å². The maximum Gasteiger partial charge on any atom is 0.248 e. The number of halogens is 1. The van der Waals surface area contributed by atoms with Crippen LogP contribution in [0.4, 0.5) is 0 Å². The van der Waals surface area contributed by atoms with E-state index in [2.05, 4.69) is 24.1 Å². The number of hydrogen-bond acceptors (Lipinski definition) is 2. The number of aromatic nitrogens is 1. The van der Waals surface area contributed by atoms with Crippen molar-refractivity contribution < 1.29 is 9.59 Å². The summed E-state index contributed by atoms with van der Waals surface area (Å²) in [4.78, 5) is 32.3. The van der Waals surface area contributed by atoms with Crippen molar-refractivity contribution in [2.75, 3.05) is 13.6 Å². The van der Waals surface area contributed by atoms with Gasteiger partial charge in [-0.25, -0.2) is 0 Å². The maximum absolute atomic E-state index is 13.7. The van der Waals surface area contributed by atoms with E-state index in [1.165, 1.54) is 25.7 Å². The van der Waals surface area contributed by atoms with Crippen molar-refractivity contribution in [2.24, 2.45) is 0 Å². The second-order valence-corrected chi connectivity index (χ2v) is 11.0. The Morgan fingerprint density at radius 3 is 2.42 bits per heavy atom. The van der Waals surface area contributed by atoms with Crippen LogP contribution in [0.5, 0.6) is 0 Å². The Hall–Kier alpha value is -2.01. The number of para-hydroxylation sites is 1. The van der Waals surface area contributed by atoms with Crippen molar-refractivity contribution in [1.82, 2.24) is 15.2 Å². The summed E-state index contributed by atoms with van der Waals surface area (Å²) < 4.78 is 0. The van der Waals surface area contributed by atoms with E-state index < -0.39 is 5.54 Å². The van der Waals surface area contributed by atoms with E-state index in [1.807, 2.05) is 45.2 Å². The lowest BCUT2D eigenvalue weighted by molar-refractivity contribution is -0.141. The van der Waals surface area contributed by atoms with Gasteiger partial charge in [0.25, 0.3) is 0 Å². The zero-order chi connectivity index (χ0) is 26.6. The zero-order valence-electron chi connectivity index (χ0n) is 23.2. The Labute approximate surface area is 223 Å². The van der Waals surface area contributed by atoms with Crippen molar-refractivity contribution in [3.05, 3.63) is 35.5 Å². The number of benzene rings is 1. The first-order valence-electron chi connectivity index (χ1n) is 14.0. The first kappa shape index (κ1) is 30.2. The lowest BCUT2D eigenvalue weighted by Gasteiger charge is -2.36. The second-order valence-electron chi connectivity index (χ2n) is 10.4. The third-order valence-corrected chi connectivity index (χ3v) is 7.89. The minimum Gasteiger partial charge on any atom is -0.358 e. The highest BCUT2D eigenvalue weighted by Gasteiger charge is 2.40. The summed E-state index contributed by atoms with van der Waals surface area (Å²) in [7, 11) is 1.85. The van der Waals surface area contributed by atoms with Gasteiger partial charge < -0.3 is 15.2 Å². The van der Waals surface area contributed by atoms with Gasteiger partial charge in [0.2, 0.25) is 11.8 Å². The van der Waals surface area contributed by atoms with E-state index in [-0.39, 0.29) is 23.6 Å². The molecule has 0 saturated carbocycles. The van der Waals surface area contributed by atoms with Crippen LogP contribution in [0.3, 0.4) is 0 Å². The number of rotatable bonds is 17. The molecule has 1 aromatic carbocycles. The molecule has 2 unspecified atom stereocenters. The topological polar surface area (TPSA) is 65.2 Å². The minimum atomic E-state index is -0.936. The minimum absolute atomic E-state index is 0.00531. The fourth-order valence-electron chi connectivity index (χ4n) is 5.05. The lowest BCUT2D eigenvalue weighted by Crippen LogP contribution is -2.59. The van der Waals surface area contributed by atoms with Crippen molar-refractivity contribution in [2.45, 2.75) is 116 Å². The van der Waals surface area contributed by atoms with E-state index >= 15 is 0 Å². The molecule has 0 spiro atoms. The van der Waals surface area contributed by atoms with Crippen molar-refractivity contribution in [3.63, 3.8) is 0 Å². The summed E-state index contributed by atoms with van der Waals surface area (Å²) in [6, 6.07) is 8.04. The molecule has 0 aliphatic carbocycles. The SMILES string of the molecule is CCCCCCCC(Cl)CCC(CC)(NC(=O)Cc1c(C)[nH]c2ccccc12)C(=O)N(C)CCCC. The third-order valence-electron chi connectivity index (χ3n) is 7.46. The van der Waals surface area contributed by atoms with Crippen LogP contribution in [0.15, 0.2) is 24.3 Å². The average Bonchev–Trinajstić information content (AvgIpc) is 3.19. The highest BCUT2D eigenvalue weighted by Crippen LogP contribution is 2.27. The first-order chi connectivity index (χ1) is 17.3. The molecule has 2 N–H and O–H groups in total. The third kappa shape index (κ3) is 8.54. The van der Waals surface area contributed by atoms with Gasteiger partial charge in [0.1, 0.15) is 5.54 Å². The highest BCUT2D eigenvalue weighted by atomic mass is 35.5. The molecule has 1 heterocycles. The van der Waals surface area contributed by atoms with Crippen LogP contribution in [0.2, 0.25) is 0 Å². The Morgan fingerprint density at radius 1 is 1.03 bits per heavy atom. The van der Waals surface area contributed by atoms with Gasteiger partial charge in [-0.05, 0) is 50.7 Å². The highest BCUT2D eigenvalue weighted by molar-refractivity contribution is 6.20. The summed E-state index contributed by atoms with van der Waals surface area (Å²) in [6.45, 7) is 9.03. The van der Waals surface area contributed by atoms with Gasteiger partial charge in [0, 0.05) is 35.6 Å². The number of fused-ring (bicyclic) bond motifs is 1. The Bertz CT molecular complexity index is 957. The van der Waals surface area contributed by atoms with Gasteiger partial charge in [-0.2, -0.15) is 0 Å². The molecule has 2 aromatic rings. The molecule has 0 radical (unpaired) electrons. The molecule has 0 fully saturated rings. The number of likely N-dealkylation sites (N-methyl/N-ethyl adjacent to an activating group) is 1. The summed E-state index contributed by atoms with van der Waals surface area (Å²) >= 11 is 6.72. The number of nitrogens with one attached hydrogen (secondary N) is 2. The number of alkyl halides is 1. The predicted molar refractivity (Wildman–Crippen MR) is 153 cm³/mol. The number of H-pyrrole nitrogens is 1. The van der Waals surface area contributed by atoms with E-state index in [4.69, 9.17) is 11.6 Å².